The third kappa shape index (κ3) is 2.94. The van der Waals surface area contributed by atoms with Crippen LogP contribution in [0.1, 0.15) is 6.92 Å². The smallest absolute Gasteiger partial charge is 0.243 e. The molecule has 1 aromatic carbocycles. The van der Waals surface area contributed by atoms with Crippen LogP contribution >= 0.6 is 15.9 Å². The lowest BCUT2D eigenvalue weighted by Gasteiger charge is -2.32. The molecule has 2 rings (SSSR count). The molecule has 1 atom stereocenters. The Morgan fingerprint density at radius 1 is 1.47 bits per heavy atom. The summed E-state index contributed by atoms with van der Waals surface area (Å²) in [5.74, 6) is 0.606. The van der Waals surface area contributed by atoms with Crippen molar-refractivity contribution in [2.75, 3.05) is 26.9 Å². The van der Waals surface area contributed by atoms with Gasteiger partial charge in [0.05, 0.1) is 29.7 Å². The molecular formula is C12H16BrNO4S. The Hall–Kier alpha value is -0.630. The minimum atomic E-state index is -3.49. The van der Waals surface area contributed by atoms with Gasteiger partial charge in [-0.25, -0.2) is 8.42 Å². The number of methoxy groups -OCH3 is 1. The molecule has 1 fully saturated rings. The van der Waals surface area contributed by atoms with Gasteiger partial charge in [-0.05, 0) is 41.1 Å². The van der Waals surface area contributed by atoms with E-state index in [1.807, 2.05) is 6.92 Å². The fourth-order valence-electron chi connectivity index (χ4n) is 2.01. The van der Waals surface area contributed by atoms with E-state index >= 15 is 0 Å². The number of morpholine rings is 1. The Balaban J connectivity index is 2.36. The summed E-state index contributed by atoms with van der Waals surface area (Å²) < 4.78 is 37.6. The number of rotatable bonds is 3. The van der Waals surface area contributed by atoms with E-state index in [-0.39, 0.29) is 10.9 Å². The van der Waals surface area contributed by atoms with Crippen LogP contribution < -0.4 is 4.74 Å². The maximum Gasteiger partial charge on any atom is 0.243 e. The van der Waals surface area contributed by atoms with Crippen LogP contribution in [-0.4, -0.2) is 45.6 Å². The largest absolute Gasteiger partial charge is 0.496 e. The van der Waals surface area contributed by atoms with Crippen molar-refractivity contribution < 1.29 is 17.9 Å². The Bertz CT molecular complexity index is 561. The molecule has 1 saturated heterocycles. The summed E-state index contributed by atoms with van der Waals surface area (Å²) in [4.78, 5) is 0.258. The molecule has 0 radical (unpaired) electrons. The van der Waals surface area contributed by atoms with Crippen LogP contribution in [0.25, 0.3) is 0 Å². The number of halogens is 1. The van der Waals surface area contributed by atoms with Crippen molar-refractivity contribution in [3.05, 3.63) is 22.7 Å². The third-order valence-electron chi connectivity index (χ3n) is 3.04. The first-order valence-corrected chi connectivity index (χ1v) is 8.13. The lowest BCUT2D eigenvalue weighted by atomic mass is 10.3. The summed E-state index contributed by atoms with van der Waals surface area (Å²) in [5.41, 5.74) is 0. The van der Waals surface area contributed by atoms with Gasteiger partial charge in [0.2, 0.25) is 10.0 Å². The van der Waals surface area contributed by atoms with E-state index in [4.69, 9.17) is 9.47 Å². The highest BCUT2D eigenvalue weighted by Gasteiger charge is 2.31. The monoisotopic (exact) mass is 349 g/mol. The molecule has 0 aromatic heterocycles. The van der Waals surface area contributed by atoms with Crippen LogP contribution in [0.5, 0.6) is 5.75 Å². The van der Waals surface area contributed by atoms with Crippen LogP contribution in [0.3, 0.4) is 0 Å². The van der Waals surface area contributed by atoms with Gasteiger partial charge < -0.3 is 9.47 Å². The van der Waals surface area contributed by atoms with E-state index in [1.54, 1.807) is 18.2 Å². The van der Waals surface area contributed by atoms with Crippen molar-refractivity contribution in [2.45, 2.75) is 17.9 Å². The van der Waals surface area contributed by atoms with E-state index in [1.165, 1.54) is 11.4 Å². The maximum atomic E-state index is 12.6. The van der Waals surface area contributed by atoms with Gasteiger partial charge in [-0.1, -0.05) is 0 Å². The van der Waals surface area contributed by atoms with Gasteiger partial charge in [-0.15, -0.1) is 0 Å². The van der Waals surface area contributed by atoms with E-state index in [0.29, 0.717) is 30.0 Å². The van der Waals surface area contributed by atoms with Crippen molar-refractivity contribution >= 4 is 26.0 Å². The van der Waals surface area contributed by atoms with Crippen LogP contribution in [-0.2, 0) is 14.8 Å². The topological polar surface area (TPSA) is 55.8 Å². The molecule has 0 amide bonds. The van der Waals surface area contributed by atoms with Crippen LogP contribution in [0, 0.1) is 0 Å². The van der Waals surface area contributed by atoms with Crippen LogP contribution in [0.15, 0.2) is 27.6 Å². The first kappa shape index (κ1) is 14.8. The number of hydrogen-bond acceptors (Lipinski definition) is 4. The molecular weight excluding hydrogens is 334 g/mol. The SMILES string of the molecule is COc1ccc(S(=O)(=O)N2CCOC[C@H]2C)cc1Br. The number of benzene rings is 1. The average molecular weight is 350 g/mol. The number of hydrogen-bond donors (Lipinski definition) is 0. The molecule has 7 heteroatoms. The van der Waals surface area contributed by atoms with Gasteiger partial charge in [0.1, 0.15) is 5.75 Å². The maximum absolute atomic E-state index is 12.6. The van der Waals surface area contributed by atoms with Crippen molar-refractivity contribution in [1.29, 1.82) is 0 Å². The minimum absolute atomic E-state index is 0.153. The van der Waals surface area contributed by atoms with Gasteiger partial charge in [-0.3, -0.25) is 0 Å². The minimum Gasteiger partial charge on any atom is -0.496 e. The predicted molar refractivity (Wildman–Crippen MR) is 74.9 cm³/mol. The Morgan fingerprint density at radius 3 is 2.79 bits per heavy atom. The summed E-state index contributed by atoms with van der Waals surface area (Å²) in [5, 5.41) is 0. The summed E-state index contributed by atoms with van der Waals surface area (Å²) in [6.45, 7) is 3.08. The first-order valence-electron chi connectivity index (χ1n) is 5.90. The van der Waals surface area contributed by atoms with Crippen molar-refractivity contribution in [3.8, 4) is 5.75 Å². The van der Waals surface area contributed by atoms with Crippen LogP contribution in [0.2, 0.25) is 0 Å². The molecule has 0 bridgehead atoms. The standard InChI is InChI=1S/C12H16BrNO4S/c1-9-8-18-6-5-14(9)19(15,16)10-3-4-12(17-2)11(13)7-10/h3-4,7,9H,5-6,8H2,1-2H3/t9-/m1/s1. The molecule has 1 aromatic rings. The van der Waals surface area contributed by atoms with Crippen molar-refractivity contribution in [3.63, 3.8) is 0 Å². The van der Waals surface area contributed by atoms with E-state index < -0.39 is 10.0 Å². The normalized spacial score (nSPS) is 21.3. The molecule has 0 unspecified atom stereocenters. The Labute approximate surface area is 121 Å². The zero-order valence-electron chi connectivity index (χ0n) is 10.8. The molecule has 1 aliphatic heterocycles. The van der Waals surface area contributed by atoms with Gasteiger partial charge in [0, 0.05) is 12.6 Å². The zero-order chi connectivity index (χ0) is 14.0. The highest BCUT2D eigenvalue weighted by atomic mass is 79.9. The first-order chi connectivity index (χ1) is 8.96. The van der Waals surface area contributed by atoms with Gasteiger partial charge in [0.25, 0.3) is 0 Å². The quantitative estimate of drug-likeness (QED) is 0.835. The average Bonchev–Trinajstić information content (AvgIpc) is 2.39. The third-order valence-corrected chi connectivity index (χ3v) is 5.67. The second kappa shape index (κ2) is 5.78. The fraction of sp³-hybridized carbons (Fsp3) is 0.500. The van der Waals surface area contributed by atoms with Crippen molar-refractivity contribution in [2.24, 2.45) is 0 Å². The molecule has 0 spiro atoms. The zero-order valence-corrected chi connectivity index (χ0v) is 13.2. The molecule has 1 heterocycles. The molecule has 5 nitrogen and oxygen atoms in total. The molecule has 0 N–H and O–H groups in total. The van der Waals surface area contributed by atoms with Gasteiger partial charge in [-0.2, -0.15) is 4.31 Å². The Morgan fingerprint density at radius 2 is 2.21 bits per heavy atom. The summed E-state index contributed by atoms with van der Waals surface area (Å²) in [7, 11) is -1.95. The molecule has 19 heavy (non-hydrogen) atoms. The second-order valence-corrected chi connectivity index (χ2v) is 7.08. The van der Waals surface area contributed by atoms with Crippen molar-refractivity contribution in [1.82, 2.24) is 4.31 Å². The number of ether oxygens (including phenoxy) is 2. The summed E-state index contributed by atoms with van der Waals surface area (Å²) in [6, 6.07) is 4.61. The molecule has 0 aliphatic carbocycles. The number of nitrogens with zero attached hydrogens (tertiary/aromatic N) is 1. The Kier molecular flexibility index (Phi) is 4.50. The van der Waals surface area contributed by atoms with Gasteiger partial charge in [0.15, 0.2) is 0 Å². The molecule has 1 aliphatic rings. The predicted octanol–water partition coefficient (Wildman–Crippen LogP) is 1.87. The highest BCUT2D eigenvalue weighted by Crippen LogP contribution is 2.29. The molecule has 0 saturated carbocycles. The van der Waals surface area contributed by atoms with Crippen LogP contribution in [0.4, 0.5) is 0 Å². The summed E-state index contributed by atoms with van der Waals surface area (Å²) in [6.07, 6.45) is 0. The second-order valence-electron chi connectivity index (χ2n) is 4.34. The fourth-order valence-corrected chi connectivity index (χ4v) is 4.33. The summed E-state index contributed by atoms with van der Waals surface area (Å²) >= 11 is 3.31. The van der Waals surface area contributed by atoms with E-state index in [2.05, 4.69) is 15.9 Å². The highest BCUT2D eigenvalue weighted by molar-refractivity contribution is 9.10. The number of sulfonamides is 1. The lowest BCUT2D eigenvalue weighted by molar-refractivity contribution is 0.0392. The van der Waals surface area contributed by atoms with Gasteiger partial charge >= 0.3 is 0 Å². The lowest BCUT2D eigenvalue weighted by Crippen LogP contribution is -2.46. The molecule has 106 valence electrons. The van der Waals surface area contributed by atoms with E-state index in [9.17, 15) is 8.42 Å². The van der Waals surface area contributed by atoms with E-state index in [0.717, 1.165) is 0 Å².